The Bertz CT molecular complexity index is 895. The number of aromatic nitrogens is 1. The van der Waals surface area contributed by atoms with E-state index in [2.05, 4.69) is 20.9 Å². The molecule has 30 heavy (non-hydrogen) atoms. The van der Waals surface area contributed by atoms with Crippen LogP contribution in [0.15, 0.2) is 23.6 Å². The van der Waals surface area contributed by atoms with Crippen molar-refractivity contribution in [1.29, 1.82) is 0 Å². The van der Waals surface area contributed by atoms with Crippen LogP contribution in [0.3, 0.4) is 0 Å². The zero-order valence-electron chi connectivity index (χ0n) is 16.7. The van der Waals surface area contributed by atoms with Crippen molar-refractivity contribution in [1.82, 2.24) is 15.6 Å². The monoisotopic (exact) mass is 430 g/mol. The molecule has 1 aromatic carbocycles. The van der Waals surface area contributed by atoms with Crippen molar-refractivity contribution in [2.24, 2.45) is 0 Å². The Kier molecular flexibility index (Phi) is 6.68. The number of benzene rings is 1. The third-order valence-electron chi connectivity index (χ3n) is 5.25. The molecule has 1 saturated carbocycles. The van der Waals surface area contributed by atoms with Gasteiger partial charge in [0, 0.05) is 24.4 Å². The molecule has 1 aliphatic carbocycles. The third-order valence-corrected chi connectivity index (χ3v) is 6.05. The predicted octanol–water partition coefficient (Wildman–Crippen LogP) is 3.58. The van der Waals surface area contributed by atoms with Crippen LogP contribution in [0.1, 0.15) is 49.8 Å². The van der Waals surface area contributed by atoms with E-state index in [1.54, 1.807) is 0 Å². The van der Waals surface area contributed by atoms with E-state index in [0.29, 0.717) is 30.3 Å². The van der Waals surface area contributed by atoms with Crippen LogP contribution in [-0.2, 0) is 17.8 Å². The molecule has 8 nitrogen and oxygen atoms in total. The Morgan fingerprint density at radius 3 is 2.83 bits per heavy atom. The van der Waals surface area contributed by atoms with Crippen molar-refractivity contribution < 1.29 is 19.1 Å². The largest absolute Gasteiger partial charge is 0.454 e. The summed E-state index contributed by atoms with van der Waals surface area (Å²) in [7, 11) is 0. The number of anilines is 1. The normalized spacial score (nSPS) is 15.6. The Morgan fingerprint density at radius 2 is 1.97 bits per heavy atom. The number of hydrogen-bond donors (Lipinski definition) is 3. The Hall–Kier alpha value is -2.81. The molecule has 2 aliphatic rings. The molecule has 4 rings (SSSR count). The summed E-state index contributed by atoms with van der Waals surface area (Å²) in [5.41, 5.74) is 1.75. The van der Waals surface area contributed by atoms with E-state index in [9.17, 15) is 9.59 Å². The molecule has 0 spiro atoms. The van der Waals surface area contributed by atoms with Crippen LogP contribution in [0.5, 0.6) is 11.5 Å². The average molecular weight is 431 g/mol. The quantitative estimate of drug-likeness (QED) is 0.623. The maximum atomic E-state index is 12.2. The number of carbonyl (C=O) groups excluding carboxylic acids is 2. The van der Waals surface area contributed by atoms with E-state index in [4.69, 9.17) is 9.47 Å². The number of carbonyl (C=O) groups is 2. The molecule has 1 aliphatic heterocycles. The maximum absolute atomic E-state index is 12.2. The smallest absolute Gasteiger partial charge is 0.321 e. The van der Waals surface area contributed by atoms with Gasteiger partial charge < -0.3 is 20.1 Å². The summed E-state index contributed by atoms with van der Waals surface area (Å²) in [6, 6.07) is 5.68. The molecule has 2 aromatic rings. The van der Waals surface area contributed by atoms with Crippen molar-refractivity contribution in [3.8, 4) is 11.5 Å². The highest BCUT2D eigenvalue weighted by atomic mass is 32.1. The summed E-state index contributed by atoms with van der Waals surface area (Å²) >= 11 is 1.37. The second kappa shape index (κ2) is 9.80. The number of hydrogen-bond acceptors (Lipinski definition) is 6. The third kappa shape index (κ3) is 5.63. The van der Waals surface area contributed by atoms with Gasteiger partial charge in [0.05, 0.1) is 5.69 Å². The van der Waals surface area contributed by atoms with E-state index in [1.165, 1.54) is 30.6 Å². The molecule has 0 saturated heterocycles. The molecule has 9 heteroatoms. The number of ether oxygens (including phenoxy) is 2. The average Bonchev–Trinajstić information content (AvgIpc) is 3.40. The van der Waals surface area contributed by atoms with Crippen LogP contribution in [0, 0.1) is 0 Å². The van der Waals surface area contributed by atoms with Gasteiger partial charge in [0.25, 0.3) is 0 Å². The van der Waals surface area contributed by atoms with Gasteiger partial charge in [0.15, 0.2) is 16.6 Å². The van der Waals surface area contributed by atoms with Crippen LogP contribution in [-0.4, -0.2) is 29.8 Å². The number of thiazole rings is 1. The van der Waals surface area contributed by atoms with Crippen LogP contribution in [0.25, 0.3) is 0 Å². The molecule has 0 radical (unpaired) electrons. The molecular weight excluding hydrogens is 404 g/mol. The topological polar surface area (TPSA) is 102 Å². The number of nitrogens with zero attached hydrogens (tertiary/aromatic N) is 1. The van der Waals surface area contributed by atoms with E-state index < -0.39 is 0 Å². The zero-order chi connectivity index (χ0) is 20.8. The molecule has 3 amide bonds. The van der Waals surface area contributed by atoms with E-state index in [0.717, 1.165) is 29.8 Å². The van der Waals surface area contributed by atoms with Gasteiger partial charge in [-0.15, -0.1) is 11.3 Å². The fourth-order valence-electron chi connectivity index (χ4n) is 3.63. The summed E-state index contributed by atoms with van der Waals surface area (Å²) in [4.78, 5) is 28.7. The minimum Gasteiger partial charge on any atom is -0.454 e. The van der Waals surface area contributed by atoms with E-state index in [1.807, 2.05) is 23.6 Å². The van der Waals surface area contributed by atoms with Crippen LogP contribution >= 0.6 is 11.3 Å². The van der Waals surface area contributed by atoms with Crippen molar-refractivity contribution >= 4 is 28.4 Å². The van der Waals surface area contributed by atoms with Crippen molar-refractivity contribution in [3.05, 3.63) is 34.8 Å². The van der Waals surface area contributed by atoms with Crippen molar-refractivity contribution in [2.45, 2.75) is 57.5 Å². The lowest BCUT2D eigenvalue weighted by molar-refractivity contribution is -0.121. The van der Waals surface area contributed by atoms with Gasteiger partial charge in [-0.05, 0) is 37.0 Å². The summed E-state index contributed by atoms with van der Waals surface area (Å²) in [5, 5.41) is 11.1. The van der Waals surface area contributed by atoms with Crippen LogP contribution < -0.4 is 25.4 Å². The summed E-state index contributed by atoms with van der Waals surface area (Å²) in [6.07, 6.45) is 6.53. The second-order valence-electron chi connectivity index (χ2n) is 7.54. The fraction of sp³-hybridized carbons (Fsp3) is 0.476. The number of aryl methyl sites for hydroxylation is 1. The molecule has 1 fully saturated rings. The lowest BCUT2D eigenvalue weighted by Crippen LogP contribution is -2.38. The Balaban J connectivity index is 1.17. The minimum atomic E-state index is -0.204. The zero-order valence-corrected chi connectivity index (χ0v) is 17.6. The van der Waals surface area contributed by atoms with E-state index in [-0.39, 0.29) is 24.8 Å². The number of fused-ring (bicyclic) bond motifs is 1. The lowest BCUT2D eigenvalue weighted by Gasteiger charge is -2.22. The molecule has 0 unspecified atom stereocenters. The maximum Gasteiger partial charge on any atom is 0.321 e. The van der Waals surface area contributed by atoms with Crippen LogP contribution in [0.4, 0.5) is 9.93 Å². The summed E-state index contributed by atoms with van der Waals surface area (Å²) in [5.74, 6) is 1.38. The Morgan fingerprint density at radius 1 is 1.13 bits per heavy atom. The van der Waals surface area contributed by atoms with Gasteiger partial charge in [0.1, 0.15) is 0 Å². The summed E-state index contributed by atoms with van der Waals surface area (Å²) in [6.45, 7) is 0.665. The first-order valence-corrected chi connectivity index (χ1v) is 11.2. The van der Waals surface area contributed by atoms with Gasteiger partial charge in [0.2, 0.25) is 12.7 Å². The van der Waals surface area contributed by atoms with Gasteiger partial charge in [-0.1, -0.05) is 25.3 Å². The highest BCUT2D eigenvalue weighted by molar-refractivity contribution is 7.13. The number of rotatable bonds is 7. The molecule has 3 N–H and O–H groups in total. The number of nitrogens with one attached hydrogen (secondary N) is 3. The first-order chi connectivity index (χ1) is 14.7. The second-order valence-corrected chi connectivity index (χ2v) is 8.40. The van der Waals surface area contributed by atoms with Gasteiger partial charge >= 0.3 is 6.03 Å². The highest BCUT2D eigenvalue weighted by Crippen LogP contribution is 2.32. The highest BCUT2D eigenvalue weighted by Gasteiger charge is 2.17. The first-order valence-electron chi connectivity index (χ1n) is 10.3. The summed E-state index contributed by atoms with van der Waals surface area (Å²) < 4.78 is 10.6. The molecular formula is C21H26N4O4S. The molecule has 0 bridgehead atoms. The SMILES string of the molecule is O=C(CCc1csc(NC(=O)NC2CCCCC2)n1)NCc1ccc2c(c1)OCO2. The van der Waals surface area contributed by atoms with Crippen LogP contribution in [0.2, 0.25) is 0 Å². The van der Waals surface area contributed by atoms with Gasteiger partial charge in [-0.25, -0.2) is 9.78 Å². The first kappa shape index (κ1) is 20.5. The van der Waals surface area contributed by atoms with Crippen molar-refractivity contribution in [3.63, 3.8) is 0 Å². The fourth-order valence-corrected chi connectivity index (χ4v) is 4.37. The molecule has 160 valence electrons. The molecule has 0 atom stereocenters. The minimum absolute atomic E-state index is 0.0507. The Labute approximate surface area is 179 Å². The molecule has 1 aromatic heterocycles. The lowest BCUT2D eigenvalue weighted by atomic mass is 9.96. The van der Waals surface area contributed by atoms with E-state index >= 15 is 0 Å². The number of urea groups is 1. The molecule has 2 heterocycles. The predicted molar refractivity (Wildman–Crippen MR) is 114 cm³/mol. The van der Waals surface area contributed by atoms with Gasteiger partial charge in [-0.2, -0.15) is 0 Å². The standard InChI is InChI=1S/C21H26N4O4S/c26-19(22-11-14-6-8-17-18(10-14)29-13-28-17)9-7-16-12-30-21(24-16)25-20(27)23-15-4-2-1-3-5-15/h6,8,10,12,15H,1-5,7,9,11,13H2,(H,22,26)(H2,23,24,25,27). The van der Waals surface area contributed by atoms with Gasteiger partial charge in [-0.3, -0.25) is 10.1 Å². The van der Waals surface area contributed by atoms with Crippen molar-refractivity contribution in [2.75, 3.05) is 12.1 Å². The number of amides is 3.